The fourth-order valence-corrected chi connectivity index (χ4v) is 1.93. The van der Waals surface area contributed by atoms with Gasteiger partial charge in [0.15, 0.2) is 0 Å². The summed E-state index contributed by atoms with van der Waals surface area (Å²) in [5, 5.41) is 6.79. The topological polar surface area (TPSA) is 64.8 Å². The highest BCUT2D eigenvalue weighted by Crippen LogP contribution is 2.36. The molecule has 1 heterocycles. The minimum atomic E-state index is -3.73. The lowest BCUT2D eigenvalue weighted by atomic mass is 10.7. The lowest BCUT2D eigenvalue weighted by molar-refractivity contribution is 0.577. The molecule has 0 saturated heterocycles. The van der Waals surface area contributed by atoms with Gasteiger partial charge in [0.2, 0.25) is 0 Å². The number of rotatable bonds is 2. The molecule has 12 heavy (non-hydrogen) atoms. The third-order valence-electron chi connectivity index (χ3n) is 1.70. The average Bonchev–Trinajstić information content (AvgIpc) is 2.65. The average molecular weight is 208 g/mol. The summed E-state index contributed by atoms with van der Waals surface area (Å²) in [6.07, 6.45) is 3.34. The van der Waals surface area contributed by atoms with E-state index >= 15 is 0 Å². The standard InChI is InChI=1S/C5H6ClN3O2S/c6-12(10,11)5-8-7-3-9(5)4-1-2-4/h3-4H,1-2H2. The van der Waals surface area contributed by atoms with E-state index in [2.05, 4.69) is 10.2 Å². The second kappa shape index (κ2) is 2.43. The van der Waals surface area contributed by atoms with Gasteiger partial charge in [0.25, 0.3) is 14.2 Å². The molecule has 5 nitrogen and oxygen atoms in total. The van der Waals surface area contributed by atoms with Crippen molar-refractivity contribution >= 4 is 19.7 Å². The van der Waals surface area contributed by atoms with E-state index in [4.69, 9.17) is 10.7 Å². The van der Waals surface area contributed by atoms with Gasteiger partial charge in [-0.05, 0) is 12.8 Å². The maximum atomic E-state index is 10.9. The first kappa shape index (κ1) is 8.00. The van der Waals surface area contributed by atoms with Crippen molar-refractivity contribution in [1.82, 2.24) is 14.8 Å². The Morgan fingerprint density at radius 3 is 2.75 bits per heavy atom. The molecule has 1 aromatic heterocycles. The molecule has 0 radical (unpaired) electrons. The molecule has 2 rings (SSSR count). The van der Waals surface area contributed by atoms with Gasteiger partial charge < -0.3 is 4.57 Å². The number of hydrogen-bond donors (Lipinski definition) is 0. The van der Waals surface area contributed by atoms with Crippen molar-refractivity contribution in [3.05, 3.63) is 6.33 Å². The van der Waals surface area contributed by atoms with Gasteiger partial charge in [0.05, 0.1) is 0 Å². The van der Waals surface area contributed by atoms with Crippen LogP contribution in [0.3, 0.4) is 0 Å². The summed E-state index contributed by atoms with van der Waals surface area (Å²) in [4.78, 5) is 0. The van der Waals surface area contributed by atoms with Crippen LogP contribution < -0.4 is 0 Å². The molecule has 7 heteroatoms. The summed E-state index contributed by atoms with van der Waals surface area (Å²) >= 11 is 0. The number of aromatic nitrogens is 3. The largest absolute Gasteiger partial charge is 0.300 e. The van der Waals surface area contributed by atoms with Crippen LogP contribution in [0.25, 0.3) is 0 Å². The van der Waals surface area contributed by atoms with Gasteiger partial charge in [-0.2, -0.15) is 0 Å². The maximum absolute atomic E-state index is 10.9. The molecule has 1 aromatic rings. The minimum Gasteiger partial charge on any atom is -0.300 e. The second-order valence-electron chi connectivity index (χ2n) is 2.69. The number of halogens is 1. The summed E-state index contributed by atoms with van der Waals surface area (Å²) in [7, 11) is 1.39. The molecule has 0 bridgehead atoms. The van der Waals surface area contributed by atoms with E-state index in [1.54, 1.807) is 0 Å². The van der Waals surface area contributed by atoms with E-state index in [1.165, 1.54) is 10.9 Å². The quantitative estimate of drug-likeness (QED) is 0.664. The number of nitrogens with zero attached hydrogens (tertiary/aromatic N) is 3. The Morgan fingerprint density at radius 1 is 1.58 bits per heavy atom. The molecule has 0 atom stereocenters. The Morgan fingerprint density at radius 2 is 2.25 bits per heavy atom. The van der Waals surface area contributed by atoms with Gasteiger partial charge in [0, 0.05) is 16.7 Å². The third-order valence-corrected chi connectivity index (χ3v) is 2.84. The van der Waals surface area contributed by atoms with Crippen molar-refractivity contribution in [3.8, 4) is 0 Å². The zero-order chi connectivity index (χ0) is 8.77. The Kier molecular flexibility index (Phi) is 1.62. The first-order chi connectivity index (χ1) is 5.59. The van der Waals surface area contributed by atoms with Crippen molar-refractivity contribution in [1.29, 1.82) is 0 Å². The predicted octanol–water partition coefficient (Wildman–Crippen LogP) is 0.540. The van der Waals surface area contributed by atoms with Crippen LogP contribution in [0.4, 0.5) is 0 Å². The highest BCUT2D eigenvalue weighted by atomic mass is 35.7. The Labute approximate surface area is 73.8 Å². The fourth-order valence-electron chi connectivity index (χ4n) is 1.01. The Bertz CT molecular complexity index is 395. The van der Waals surface area contributed by atoms with Crippen LogP contribution in [0.2, 0.25) is 0 Å². The van der Waals surface area contributed by atoms with Gasteiger partial charge in [-0.15, -0.1) is 10.2 Å². The van der Waals surface area contributed by atoms with Crippen molar-refractivity contribution in [2.75, 3.05) is 0 Å². The molecule has 1 saturated carbocycles. The third kappa shape index (κ3) is 1.32. The molecule has 1 aliphatic rings. The van der Waals surface area contributed by atoms with Crippen LogP contribution in [0.1, 0.15) is 18.9 Å². The zero-order valence-corrected chi connectivity index (χ0v) is 7.59. The van der Waals surface area contributed by atoms with E-state index in [-0.39, 0.29) is 11.2 Å². The van der Waals surface area contributed by atoms with Crippen LogP contribution in [0, 0.1) is 0 Å². The molecule has 0 aliphatic heterocycles. The highest BCUT2D eigenvalue weighted by Gasteiger charge is 2.30. The van der Waals surface area contributed by atoms with Crippen molar-refractivity contribution in [2.45, 2.75) is 24.0 Å². The molecule has 0 amide bonds. The van der Waals surface area contributed by atoms with Gasteiger partial charge in [-0.25, -0.2) is 8.42 Å². The lowest BCUT2D eigenvalue weighted by Crippen LogP contribution is -2.03. The molecule has 0 aromatic carbocycles. The van der Waals surface area contributed by atoms with Crippen LogP contribution in [-0.4, -0.2) is 23.2 Å². The lowest BCUT2D eigenvalue weighted by Gasteiger charge is -1.98. The van der Waals surface area contributed by atoms with Crippen LogP contribution >= 0.6 is 10.7 Å². The molecular formula is C5H6ClN3O2S. The summed E-state index contributed by atoms with van der Waals surface area (Å²) in [6, 6.07) is 0.225. The van der Waals surface area contributed by atoms with Crippen molar-refractivity contribution in [3.63, 3.8) is 0 Å². The predicted molar refractivity (Wildman–Crippen MR) is 41.3 cm³/mol. The Balaban J connectivity index is 2.49. The first-order valence-corrected chi connectivity index (χ1v) is 5.74. The minimum absolute atomic E-state index is 0.147. The molecule has 1 fully saturated rings. The molecular weight excluding hydrogens is 202 g/mol. The summed E-state index contributed by atoms with van der Waals surface area (Å²) in [6.45, 7) is 0. The summed E-state index contributed by atoms with van der Waals surface area (Å²) < 4.78 is 23.3. The smallest absolute Gasteiger partial charge is 0.296 e. The van der Waals surface area contributed by atoms with Gasteiger partial charge in [-0.1, -0.05) is 0 Å². The van der Waals surface area contributed by atoms with Crippen LogP contribution in [0.15, 0.2) is 11.5 Å². The van der Waals surface area contributed by atoms with Crippen molar-refractivity contribution in [2.24, 2.45) is 0 Å². The highest BCUT2D eigenvalue weighted by molar-refractivity contribution is 8.13. The van der Waals surface area contributed by atoms with Gasteiger partial charge in [-0.3, -0.25) is 0 Å². The van der Waals surface area contributed by atoms with E-state index in [1.807, 2.05) is 0 Å². The van der Waals surface area contributed by atoms with E-state index in [9.17, 15) is 8.42 Å². The van der Waals surface area contributed by atoms with Gasteiger partial charge >= 0.3 is 0 Å². The fraction of sp³-hybridized carbons (Fsp3) is 0.600. The molecule has 0 unspecified atom stereocenters. The maximum Gasteiger partial charge on any atom is 0.296 e. The van der Waals surface area contributed by atoms with Crippen LogP contribution in [0.5, 0.6) is 0 Å². The van der Waals surface area contributed by atoms with Gasteiger partial charge in [0.1, 0.15) is 6.33 Å². The number of hydrogen-bond acceptors (Lipinski definition) is 4. The normalized spacial score (nSPS) is 18.1. The second-order valence-corrected chi connectivity index (χ2v) is 5.15. The summed E-state index contributed by atoms with van der Waals surface area (Å²) in [5.41, 5.74) is 0. The Hall–Kier alpha value is -0.620. The van der Waals surface area contributed by atoms with Crippen LogP contribution in [-0.2, 0) is 9.05 Å². The first-order valence-electron chi connectivity index (χ1n) is 3.43. The monoisotopic (exact) mass is 207 g/mol. The van der Waals surface area contributed by atoms with E-state index in [0.717, 1.165) is 12.8 Å². The molecule has 66 valence electrons. The SMILES string of the molecule is O=S(=O)(Cl)c1nncn1C1CC1. The van der Waals surface area contributed by atoms with E-state index in [0.29, 0.717) is 0 Å². The molecule has 0 spiro atoms. The molecule has 1 aliphatic carbocycles. The zero-order valence-electron chi connectivity index (χ0n) is 6.01. The molecule has 0 N–H and O–H groups in total. The van der Waals surface area contributed by atoms with Crippen molar-refractivity contribution < 1.29 is 8.42 Å². The summed E-state index contributed by atoms with van der Waals surface area (Å²) in [5.74, 6) is 0. The van der Waals surface area contributed by atoms with E-state index < -0.39 is 9.05 Å².